The lowest BCUT2D eigenvalue weighted by Crippen LogP contribution is -2.10. The average molecular weight is 480 g/mol. The van der Waals surface area contributed by atoms with Gasteiger partial charge in [-0.2, -0.15) is 13.2 Å². The summed E-state index contributed by atoms with van der Waals surface area (Å²) in [6, 6.07) is 5.46. The Hall–Kier alpha value is -3.14. The van der Waals surface area contributed by atoms with Crippen LogP contribution < -0.4 is 10.1 Å². The van der Waals surface area contributed by atoms with Crippen LogP contribution >= 0.6 is 11.3 Å². The normalized spacial score (nSPS) is 11.3. The van der Waals surface area contributed by atoms with Crippen molar-refractivity contribution in [3.63, 3.8) is 0 Å². The Morgan fingerprint density at radius 2 is 1.97 bits per heavy atom. The van der Waals surface area contributed by atoms with Gasteiger partial charge >= 0.3 is 12.1 Å². The van der Waals surface area contributed by atoms with E-state index < -0.39 is 17.7 Å². The van der Waals surface area contributed by atoms with Gasteiger partial charge in [0, 0.05) is 29.0 Å². The van der Waals surface area contributed by atoms with Crippen molar-refractivity contribution in [2.45, 2.75) is 39.3 Å². The van der Waals surface area contributed by atoms with Crippen molar-refractivity contribution in [2.24, 2.45) is 0 Å². The number of benzene rings is 1. The van der Waals surface area contributed by atoms with Crippen molar-refractivity contribution in [1.82, 2.24) is 9.97 Å². The third-order valence-electron chi connectivity index (χ3n) is 4.59. The first-order chi connectivity index (χ1) is 15.8. The highest BCUT2D eigenvalue weighted by atomic mass is 32.1. The summed E-state index contributed by atoms with van der Waals surface area (Å²) in [5.41, 5.74) is 0.820. The molecule has 0 fully saturated rings. The highest BCUT2D eigenvalue weighted by molar-refractivity contribution is 7.14. The Morgan fingerprint density at radius 1 is 1.15 bits per heavy atom. The lowest BCUT2D eigenvalue weighted by atomic mass is 10.1. The van der Waals surface area contributed by atoms with Crippen LogP contribution in [-0.4, -0.2) is 29.2 Å². The van der Waals surface area contributed by atoms with E-state index >= 15 is 0 Å². The summed E-state index contributed by atoms with van der Waals surface area (Å²) in [7, 11) is 0. The third-order valence-corrected chi connectivity index (χ3v) is 5.35. The van der Waals surface area contributed by atoms with Crippen LogP contribution in [-0.2, 0) is 10.9 Å². The van der Waals surface area contributed by atoms with Gasteiger partial charge in [-0.1, -0.05) is 19.8 Å². The van der Waals surface area contributed by atoms with Gasteiger partial charge in [0.15, 0.2) is 5.13 Å². The lowest BCUT2D eigenvalue weighted by Gasteiger charge is -2.15. The number of unbranched alkanes of at least 4 members (excludes halogenated alkanes) is 2. The number of esters is 1. The van der Waals surface area contributed by atoms with E-state index in [4.69, 9.17) is 9.47 Å². The fraction of sp³-hybridized carbons (Fsp3) is 0.348. The van der Waals surface area contributed by atoms with Gasteiger partial charge in [-0.05, 0) is 37.6 Å². The van der Waals surface area contributed by atoms with Crippen molar-refractivity contribution < 1.29 is 27.4 Å². The fourth-order valence-corrected chi connectivity index (χ4v) is 3.72. The van der Waals surface area contributed by atoms with Gasteiger partial charge in [0.2, 0.25) is 0 Å². The van der Waals surface area contributed by atoms with E-state index in [9.17, 15) is 18.0 Å². The van der Waals surface area contributed by atoms with E-state index in [1.807, 2.05) is 6.92 Å². The van der Waals surface area contributed by atoms with E-state index in [-0.39, 0.29) is 24.7 Å². The summed E-state index contributed by atoms with van der Waals surface area (Å²) in [4.78, 5) is 20.4. The van der Waals surface area contributed by atoms with E-state index in [1.54, 1.807) is 24.6 Å². The van der Waals surface area contributed by atoms with Crippen LogP contribution in [0, 0.1) is 0 Å². The molecule has 0 aliphatic carbocycles. The number of aromatic nitrogens is 2. The molecule has 33 heavy (non-hydrogen) atoms. The molecule has 2 heterocycles. The second kappa shape index (κ2) is 11.1. The smallest absolute Gasteiger partial charge is 0.420 e. The van der Waals surface area contributed by atoms with Crippen molar-refractivity contribution in [3.8, 4) is 17.0 Å². The van der Waals surface area contributed by atoms with Crippen molar-refractivity contribution >= 4 is 28.1 Å². The maximum Gasteiger partial charge on any atom is 0.420 e. The molecule has 0 spiro atoms. The largest absolute Gasteiger partial charge is 0.493 e. The average Bonchev–Trinajstić information content (AvgIpc) is 3.25. The maximum atomic E-state index is 13.6. The van der Waals surface area contributed by atoms with Gasteiger partial charge in [-0.25, -0.2) is 9.78 Å². The molecular weight excluding hydrogens is 455 g/mol. The zero-order chi connectivity index (χ0) is 23.8. The zero-order valence-corrected chi connectivity index (χ0v) is 19.1. The number of hydrogen-bond donors (Lipinski definition) is 1. The van der Waals surface area contributed by atoms with Crippen LogP contribution in [0.5, 0.6) is 5.75 Å². The topological polar surface area (TPSA) is 73.3 Å². The minimum atomic E-state index is -4.55. The number of halogens is 3. The molecule has 3 rings (SSSR count). The second-order valence-corrected chi connectivity index (χ2v) is 7.97. The van der Waals surface area contributed by atoms with Gasteiger partial charge in [-0.3, -0.25) is 4.98 Å². The quantitative estimate of drug-likeness (QED) is 0.257. The first-order valence-corrected chi connectivity index (χ1v) is 11.4. The molecule has 0 saturated heterocycles. The number of hydrogen-bond acceptors (Lipinski definition) is 7. The Morgan fingerprint density at radius 3 is 2.70 bits per heavy atom. The molecule has 176 valence electrons. The molecule has 0 radical (unpaired) electrons. The molecule has 1 N–H and O–H groups in total. The molecule has 0 amide bonds. The molecule has 0 atom stereocenters. The summed E-state index contributed by atoms with van der Waals surface area (Å²) in [5, 5.41) is 5.03. The molecule has 0 saturated carbocycles. The van der Waals surface area contributed by atoms with Crippen LogP contribution in [0.25, 0.3) is 11.3 Å². The number of pyridine rings is 1. The molecule has 0 aliphatic rings. The Kier molecular flexibility index (Phi) is 8.26. The van der Waals surface area contributed by atoms with E-state index in [0.717, 1.165) is 18.9 Å². The highest BCUT2D eigenvalue weighted by Crippen LogP contribution is 2.39. The summed E-state index contributed by atoms with van der Waals surface area (Å²) in [5.74, 6) is -0.678. The SMILES string of the molecule is CCCCCOc1ccc(Nc2nc(-c3cncc(C(=O)OCC)c3)cs2)cc1C(F)(F)F. The highest BCUT2D eigenvalue weighted by Gasteiger charge is 2.34. The van der Waals surface area contributed by atoms with E-state index in [1.165, 1.54) is 29.7 Å². The number of nitrogens with one attached hydrogen (secondary N) is 1. The Balaban J connectivity index is 1.77. The maximum absolute atomic E-state index is 13.6. The first kappa shape index (κ1) is 24.5. The predicted octanol–water partition coefficient (Wildman–Crippen LogP) is 6.71. The number of rotatable bonds is 10. The molecular formula is C23H24F3N3O3S. The van der Waals surface area contributed by atoms with Crippen LogP contribution in [0.2, 0.25) is 0 Å². The molecule has 10 heteroatoms. The standard InChI is InChI=1S/C23H24F3N3O3S/c1-3-5-6-9-32-20-8-7-17(11-18(20)23(24,25)26)28-22-29-19(14-33-22)15-10-16(13-27-12-15)21(30)31-4-2/h7-8,10-14H,3-6,9H2,1-2H3,(H,28,29). The monoisotopic (exact) mass is 479 g/mol. The van der Waals surface area contributed by atoms with Gasteiger partial charge < -0.3 is 14.8 Å². The summed E-state index contributed by atoms with van der Waals surface area (Å²) < 4.78 is 51.0. The summed E-state index contributed by atoms with van der Waals surface area (Å²) in [6.45, 7) is 4.21. The number of thiazole rings is 1. The molecule has 6 nitrogen and oxygen atoms in total. The number of carbonyl (C=O) groups is 1. The second-order valence-electron chi connectivity index (χ2n) is 7.11. The van der Waals surface area contributed by atoms with Gasteiger partial charge in [0.05, 0.1) is 30.0 Å². The number of alkyl halides is 3. The molecule has 0 unspecified atom stereocenters. The Bertz CT molecular complexity index is 1090. The number of carbonyl (C=O) groups excluding carboxylic acids is 1. The minimum absolute atomic E-state index is 0.189. The van der Waals surface area contributed by atoms with Crippen molar-refractivity contribution in [3.05, 3.63) is 53.2 Å². The first-order valence-electron chi connectivity index (χ1n) is 10.5. The minimum Gasteiger partial charge on any atom is -0.493 e. The number of anilines is 2. The summed E-state index contributed by atoms with van der Waals surface area (Å²) >= 11 is 1.22. The predicted molar refractivity (Wildman–Crippen MR) is 121 cm³/mol. The summed E-state index contributed by atoms with van der Waals surface area (Å²) in [6.07, 6.45) is 0.946. The molecule has 0 bridgehead atoms. The molecule has 3 aromatic rings. The van der Waals surface area contributed by atoms with Crippen LogP contribution in [0.1, 0.15) is 49.0 Å². The van der Waals surface area contributed by atoms with Gasteiger partial charge in [-0.15, -0.1) is 11.3 Å². The van der Waals surface area contributed by atoms with Gasteiger partial charge in [0.25, 0.3) is 0 Å². The number of nitrogens with zero attached hydrogens (tertiary/aromatic N) is 2. The number of ether oxygens (including phenoxy) is 2. The molecule has 1 aromatic carbocycles. The third kappa shape index (κ3) is 6.67. The fourth-order valence-electron chi connectivity index (χ4n) is 2.98. The van der Waals surface area contributed by atoms with E-state index in [2.05, 4.69) is 15.3 Å². The van der Waals surface area contributed by atoms with Gasteiger partial charge in [0.1, 0.15) is 5.75 Å². The van der Waals surface area contributed by atoms with Crippen LogP contribution in [0.3, 0.4) is 0 Å². The zero-order valence-electron chi connectivity index (χ0n) is 18.2. The van der Waals surface area contributed by atoms with Crippen LogP contribution in [0.15, 0.2) is 42.0 Å². The molecule has 0 aliphatic heterocycles. The Labute approximate surface area is 193 Å². The molecule has 2 aromatic heterocycles. The van der Waals surface area contributed by atoms with Crippen molar-refractivity contribution in [2.75, 3.05) is 18.5 Å². The van der Waals surface area contributed by atoms with Crippen LogP contribution in [0.4, 0.5) is 24.0 Å². The lowest BCUT2D eigenvalue weighted by molar-refractivity contribution is -0.138. The van der Waals surface area contributed by atoms with Crippen molar-refractivity contribution in [1.29, 1.82) is 0 Å². The van der Waals surface area contributed by atoms with E-state index in [0.29, 0.717) is 28.4 Å².